The number of aryl methyl sites for hydroxylation is 2. The van der Waals surface area contributed by atoms with Crippen LogP contribution < -0.4 is 5.32 Å². The first kappa shape index (κ1) is 18.5. The number of carbonyl (C=O) groups excluding carboxylic acids is 1. The summed E-state index contributed by atoms with van der Waals surface area (Å²) in [6.45, 7) is 4.52. The Morgan fingerprint density at radius 3 is 2.69 bits per heavy atom. The molecule has 0 bridgehead atoms. The van der Waals surface area contributed by atoms with Crippen LogP contribution in [0.3, 0.4) is 0 Å². The summed E-state index contributed by atoms with van der Waals surface area (Å²) in [5.41, 5.74) is 2.86. The molecule has 0 aliphatic carbocycles. The number of anilines is 1. The van der Waals surface area contributed by atoms with E-state index in [4.69, 9.17) is 11.6 Å². The predicted molar refractivity (Wildman–Crippen MR) is 106 cm³/mol. The average molecular weight is 387 g/mol. The zero-order chi connectivity index (χ0) is 18.5. The van der Waals surface area contributed by atoms with Gasteiger partial charge in [-0.2, -0.15) is 0 Å². The standard InChI is InChI=1S/C19H19ClN4OS/c1-13-8-9-16(20)10-17(13)21-18(25)12-26-19-23-22-14(2)24(19)11-15-6-4-3-5-7-15/h3-10H,11-12H2,1-2H3,(H,21,25). The Morgan fingerprint density at radius 1 is 1.15 bits per heavy atom. The molecule has 0 saturated heterocycles. The second kappa shape index (κ2) is 8.38. The molecule has 1 amide bonds. The van der Waals surface area contributed by atoms with Crippen LogP contribution in [-0.2, 0) is 11.3 Å². The van der Waals surface area contributed by atoms with E-state index >= 15 is 0 Å². The highest BCUT2D eigenvalue weighted by molar-refractivity contribution is 7.99. The lowest BCUT2D eigenvalue weighted by atomic mass is 10.2. The number of benzene rings is 2. The topological polar surface area (TPSA) is 59.8 Å². The van der Waals surface area contributed by atoms with E-state index in [0.717, 1.165) is 27.8 Å². The number of halogens is 1. The number of amides is 1. The van der Waals surface area contributed by atoms with Gasteiger partial charge in [0.25, 0.3) is 0 Å². The van der Waals surface area contributed by atoms with Gasteiger partial charge in [-0.1, -0.05) is 59.8 Å². The average Bonchev–Trinajstić information content (AvgIpc) is 2.97. The lowest BCUT2D eigenvalue weighted by Gasteiger charge is -2.10. The van der Waals surface area contributed by atoms with E-state index < -0.39 is 0 Å². The van der Waals surface area contributed by atoms with Gasteiger partial charge in [0.15, 0.2) is 5.16 Å². The first-order chi connectivity index (χ1) is 12.5. The summed E-state index contributed by atoms with van der Waals surface area (Å²) in [4.78, 5) is 12.3. The van der Waals surface area contributed by atoms with Crippen LogP contribution in [0.4, 0.5) is 5.69 Å². The number of carbonyl (C=O) groups is 1. The minimum Gasteiger partial charge on any atom is -0.325 e. The maximum absolute atomic E-state index is 12.3. The fraction of sp³-hybridized carbons (Fsp3) is 0.211. The number of thioether (sulfide) groups is 1. The zero-order valence-corrected chi connectivity index (χ0v) is 16.1. The third-order valence-electron chi connectivity index (χ3n) is 3.89. The van der Waals surface area contributed by atoms with Crippen molar-refractivity contribution in [3.05, 3.63) is 70.5 Å². The largest absolute Gasteiger partial charge is 0.325 e. The van der Waals surface area contributed by atoms with Gasteiger partial charge in [-0.05, 0) is 37.1 Å². The van der Waals surface area contributed by atoms with E-state index in [-0.39, 0.29) is 11.7 Å². The summed E-state index contributed by atoms with van der Waals surface area (Å²) in [5, 5.41) is 12.6. The minimum absolute atomic E-state index is 0.104. The summed E-state index contributed by atoms with van der Waals surface area (Å²) in [6.07, 6.45) is 0. The number of hydrogen-bond acceptors (Lipinski definition) is 4. The third-order valence-corrected chi connectivity index (χ3v) is 5.09. The first-order valence-electron chi connectivity index (χ1n) is 8.15. The Balaban J connectivity index is 1.64. The molecule has 0 saturated carbocycles. The molecule has 0 aliphatic heterocycles. The van der Waals surface area contributed by atoms with Gasteiger partial charge in [-0.3, -0.25) is 4.79 Å². The Hall–Kier alpha value is -2.31. The highest BCUT2D eigenvalue weighted by Gasteiger charge is 2.13. The van der Waals surface area contributed by atoms with Crippen LogP contribution in [0.25, 0.3) is 0 Å². The Kier molecular flexibility index (Phi) is 5.96. The number of hydrogen-bond donors (Lipinski definition) is 1. The lowest BCUT2D eigenvalue weighted by molar-refractivity contribution is -0.113. The molecule has 0 radical (unpaired) electrons. The monoisotopic (exact) mass is 386 g/mol. The summed E-state index contributed by atoms with van der Waals surface area (Å²) in [6, 6.07) is 15.5. The second-order valence-electron chi connectivity index (χ2n) is 5.90. The molecule has 1 N–H and O–H groups in total. The quantitative estimate of drug-likeness (QED) is 0.640. The van der Waals surface area contributed by atoms with Crippen molar-refractivity contribution in [3.63, 3.8) is 0 Å². The van der Waals surface area contributed by atoms with Crippen LogP contribution in [0.1, 0.15) is 17.0 Å². The molecular weight excluding hydrogens is 368 g/mol. The van der Waals surface area contributed by atoms with Crippen LogP contribution in [-0.4, -0.2) is 26.4 Å². The highest BCUT2D eigenvalue weighted by Crippen LogP contribution is 2.22. The molecule has 2 aromatic carbocycles. The lowest BCUT2D eigenvalue weighted by Crippen LogP contribution is -2.15. The van der Waals surface area contributed by atoms with Crippen LogP contribution in [0, 0.1) is 13.8 Å². The smallest absolute Gasteiger partial charge is 0.234 e. The minimum atomic E-state index is -0.104. The number of nitrogens with one attached hydrogen (secondary N) is 1. The van der Waals surface area contributed by atoms with E-state index in [2.05, 4.69) is 27.6 Å². The molecule has 0 fully saturated rings. The van der Waals surface area contributed by atoms with Crippen LogP contribution >= 0.6 is 23.4 Å². The van der Waals surface area contributed by atoms with E-state index in [1.54, 1.807) is 12.1 Å². The van der Waals surface area contributed by atoms with Crippen molar-refractivity contribution in [1.29, 1.82) is 0 Å². The predicted octanol–water partition coefficient (Wildman–Crippen LogP) is 4.33. The third kappa shape index (κ3) is 4.65. The molecule has 1 aromatic heterocycles. The fourth-order valence-corrected chi connectivity index (χ4v) is 3.42. The number of nitrogens with zero attached hydrogens (tertiary/aromatic N) is 3. The molecule has 0 unspecified atom stereocenters. The summed E-state index contributed by atoms with van der Waals surface area (Å²) >= 11 is 7.36. The molecule has 0 atom stereocenters. The molecule has 1 heterocycles. The summed E-state index contributed by atoms with van der Waals surface area (Å²) in [5.74, 6) is 0.966. The summed E-state index contributed by atoms with van der Waals surface area (Å²) < 4.78 is 2.01. The van der Waals surface area contributed by atoms with Crippen LogP contribution in [0.15, 0.2) is 53.7 Å². The van der Waals surface area contributed by atoms with Gasteiger partial charge in [0.2, 0.25) is 5.91 Å². The Morgan fingerprint density at radius 2 is 1.92 bits per heavy atom. The zero-order valence-electron chi connectivity index (χ0n) is 14.6. The molecule has 3 rings (SSSR count). The van der Waals surface area contributed by atoms with Crippen molar-refractivity contribution < 1.29 is 4.79 Å². The molecule has 26 heavy (non-hydrogen) atoms. The molecule has 3 aromatic rings. The number of rotatable bonds is 6. The van der Waals surface area contributed by atoms with Crippen LogP contribution in [0.2, 0.25) is 5.02 Å². The van der Waals surface area contributed by atoms with Crippen molar-refractivity contribution in [2.75, 3.05) is 11.1 Å². The van der Waals surface area contributed by atoms with Gasteiger partial charge in [-0.15, -0.1) is 10.2 Å². The van der Waals surface area contributed by atoms with E-state index in [1.807, 2.05) is 42.7 Å². The molecule has 7 heteroatoms. The van der Waals surface area contributed by atoms with Gasteiger partial charge in [0.05, 0.1) is 12.3 Å². The Labute approximate surface area is 161 Å². The molecule has 5 nitrogen and oxygen atoms in total. The Bertz CT molecular complexity index is 911. The number of aromatic nitrogens is 3. The maximum atomic E-state index is 12.3. The fourth-order valence-electron chi connectivity index (χ4n) is 2.46. The van der Waals surface area contributed by atoms with Crippen molar-refractivity contribution in [2.24, 2.45) is 0 Å². The highest BCUT2D eigenvalue weighted by atomic mass is 35.5. The van der Waals surface area contributed by atoms with E-state index in [0.29, 0.717) is 11.6 Å². The van der Waals surface area contributed by atoms with Crippen LogP contribution in [0.5, 0.6) is 0 Å². The van der Waals surface area contributed by atoms with Crippen molar-refractivity contribution in [2.45, 2.75) is 25.5 Å². The van der Waals surface area contributed by atoms with Gasteiger partial charge in [-0.25, -0.2) is 0 Å². The van der Waals surface area contributed by atoms with E-state index in [9.17, 15) is 4.79 Å². The molecule has 0 spiro atoms. The van der Waals surface area contributed by atoms with Gasteiger partial charge in [0, 0.05) is 10.7 Å². The summed E-state index contributed by atoms with van der Waals surface area (Å²) in [7, 11) is 0. The van der Waals surface area contributed by atoms with Gasteiger partial charge in [0.1, 0.15) is 5.82 Å². The first-order valence-corrected chi connectivity index (χ1v) is 9.52. The van der Waals surface area contributed by atoms with Gasteiger partial charge >= 0.3 is 0 Å². The van der Waals surface area contributed by atoms with Gasteiger partial charge < -0.3 is 9.88 Å². The van der Waals surface area contributed by atoms with Crippen molar-refractivity contribution in [3.8, 4) is 0 Å². The molecular formula is C19H19ClN4OS. The van der Waals surface area contributed by atoms with Crippen molar-refractivity contribution >= 4 is 35.0 Å². The molecule has 0 aliphatic rings. The van der Waals surface area contributed by atoms with E-state index in [1.165, 1.54) is 11.8 Å². The SMILES string of the molecule is Cc1ccc(Cl)cc1NC(=O)CSc1nnc(C)n1Cc1ccccc1. The maximum Gasteiger partial charge on any atom is 0.234 e. The second-order valence-corrected chi connectivity index (χ2v) is 7.28. The molecule has 134 valence electrons. The van der Waals surface area contributed by atoms with Crippen molar-refractivity contribution in [1.82, 2.24) is 14.8 Å². The normalized spacial score (nSPS) is 10.7.